The number of hydrogen-bond donors (Lipinski definition) is 1. The van der Waals surface area contributed by atoms with E-state index in [2.05, 4.69) is 37.4 Å². The van der Waals surface area contributed by atoms with Gasteiger partial charge in [0.2, 0.25) is 11.8 Å². The Bertz CT molecular complexity index is 861. The van der Waals surface area contributed by atoms with E-state index in [4.69, 9.17) is 0 Å². The fourth-order valence-corrected chi connectivity index (χ4v) is 4.10. The Hall–Kier alpha value is -2.27. The van der Waals surface area contributed by atoms with Gasteiger partial charge >= 0.3 is 0 Å². The molecule has 2 aromatic rings. The van der Waals surface area contributed by atoms with Crippen LogP contribution in [0, 0.1) is 13.8 Å². The normalized spacial score (nSPS) is 15.4. The van der Waals surface area contributed by atoms with Crippen LogP contribution in [0.5, 0.6) is 0 Å². The van der Waals surface area contributed by atoms with Gasteiger partial charge in [-0.2, -0.15) is 0 Å². The number of nitrogens with one attached hydrogen (secondary N) is 1. The number of hydrogen-bond acceptors (Lipinski definition) is 3. The summed E-state index contributed by atoms with van der Waals surface area (Å²) in [4.78, 5) is 27.1. The molecule has 1 heterocycles. The fraction of sp³-hybridized carbons (Fsp3) is 0.333. The van der Waals surface area contributed by atoms with Crippen LogP contribution in [-0.2, 0) is 15.3 Å². The number of carbonyl (C=O) groups is 2. The van der Waals surface area contributed by atoms with Crippen molar-refractivity contribution >= 4 is 35.0 Å². The molecule has 0 aromatic heterocycles. The summed E-state index contributed by atoms with van der Waals surface area (Å²) < 4.78 is 0. The second kappa shape index (κ2) is 7.16. The van der Waals surface area contributed by atoms with Crippen molar-refractivity contribution in [3.05, 3.63) is 59.2 Å². The zero-order chi connectivity index (χ0) is 18.9. The summed E-state index contributed by atoms with van der Waals surface area (Å²) in [6, 6.07) is 13.8. The van der Waals surface area contributed by atoms with Crippen molar-refractivity contribution in [2.75, 3.05) is 16.0 Å². The molecule has 1 aliphatic heterocycles. The molecule has 26 heavy (non-hydrogen) atoms. The van der Waals surface area contributed by atoms with E-state index >= 15 is 0 Å². The van der Waals surface area contributed by atoms with Gasteiger partial charge in [-0.05, 0) is 51.0 Å². The highest BCUT2D eigenvalue weighted by molar-refractivity contribution is 7.99. The average molecular weight is 369 g/mol. The summed E-state index contributed by atoms with van der Waals surface area (Å²) in [6.07, 6.45) is 0. The van der Waals surface area contributed by atoms with Gasteiger partial charge in [-0.15, -0.1) is 11.8 Å². The summed E-state index contributed by atoms with van der Waals surface area (Å²) in [5.74, 6) is 0.900. The zero-order valence-corrected chi connectivity index (χ0v) is 16.4. The Morgan fingerprint density at radius 3 is 2.65 bits per heavy atom. The molecule has 1 aliphatic rings. The molecule has 0 fully saturated rings. The van der Waals surface area contributed by atoms with E-state index < -0.39 is 5.54 Å². The number of benzene rings is 2. The number of amides is 2. The second-order valence-electron chi connectivity index (χ2n) is 7.18. The lowest BCUT2D eigenvalue weighted by atomic mass is 9.96. The van der Waals surface area contributed by atoms with Crippen LogP contribution in [-0.4, -0.2) is 23.1 Å². The number of fused-ring (bicyclic) bond motifs is 1. The minimum atomic E-state index is -0.911. The van der Waals surface area contributed by atoms with E-state index in [0.717, 1.165) is 11.4 Å². The SMILES string of the molecule is Cc1ccc(C)c(CSCC(=O)N2c3ccccc3NC(=O)C2(C)C)c1. The van der Waals surface area contributed by atoms with E-state index in [1.807, 2.05) is 24.3 Å². The van der Waals surface area contributed by atoms with Gasteiger partial charge in [0.25, 0.3) is 0 Å². The molecule has 4 nitrogen and oxygen atoms in total. The lowest BCUT2D eigenvalue weighted by molar-refractivity contribution is -0.125. The maximum absolute atomic E-state index is 13.0. The highest BCUT2D eigenvalue weighted by Gasteiger charge is 2.43. The third kappa shape index (κ3) is 3.49. The molecular formula is C21H24N2O2S. The number of para-hydroxylation sites is 2. The molecule has 2 amide bonds. The van der Waals surface area contributed by atoms with Crippen LogP contribution in [0.4, 0.5) is 11.4 Å². The maximum atomic E-state index is 13.0. The number of aryl methyl sites for hydroxylation is 2. The number of thioether (sulfide) groups is 1. The Morgan fingerprint density at radius 1 is 1.15 bits per heavy atom. The van der Waals surface area contributed by atoms with Crippen LogP contribution in [0.25, 0.3) is 0 Å². The van der Waals surface area contributed by atoms with Gasteiger partial charge in [-0.25, -0.2) is 0 Å². The van der Waals surface area contributed by atoms with E-state index in [0.29, 0.717) is 11.4 Å². The van der Waals surface area contributed by atoms with Crippen molar-refractivity contribution in [1.29, 1.82) is 0 Å². The van der Waals surface area contributed by atoms with Crippen LogP contribution >= 0.6 is 11.8 Å². The van der Waals surface area contributed by atoms with E-state index in [-0.39, 0.29) is 11.8 Å². The molecule has 3 rings (SSSR count). The van der Waals surface area contributed by atoms with Crippen LogP contribution < -0.4 is 10.2 Å². The largest absolute Gasteiger partial charge is 0.322 e. The van der Waals surface area contributed by atoms with Gasteiger partial charge in [-0.3, -0.25) is 14.5 Å². The van der Waals surface area contributed by atoms with Gasteiger partial charge < -0.3 is 5.32 Å². The highest BCUT2D eigenvalue weighted by Crippen LogP contribution is 2.37. The maximum Gasteiger partial charge on any atom is 0.250 e. The van der Waals surface area contributed by atoms with Crippen LogP contribution in [0.3, 0.4) is 0 Å². The highest BCUT2D eigenvalue weighted by atomic mass is 32.2. The van der Waals surface area contributed by atoms with Crippen molar-refractivity contribution in [2.24, 2.45) is 0 Å². The van der Waals surface area contributed by atoms with Gasteiger partial charge in [0, 0.05) is 5.75 Å². The van der Waals surface area contributed by atoms with Gasteiger partial charge in [0.15, 0.2) is 0 Å². The van der Waals surface area contributed by atoms with Crippen molar-refractivity contribution in [3.63, 3.8) is 0 Å². The third-order valence-electron chi connectivity index (χ3n) is 4.74. The number of anilines is 2. The smallest absolute Gasteiger partial charge is 0.250 e. The molecule has 136 valence electrons. The van der Waals surface area contributed by atoms with Crippen LogP contribution in [0.1, 0.15) is 30.5 Å². The molecule has 0 saturated heterocycles. The molecule has 0 unspecified atom stereocenters. The molecule has 0 bridgehead atoms. The van der Waals surface area contributed by atoms with E-state index in [1.165, 1.54) is 16.7 Å². The topological polar surface area (TPSA) is 49.4 Å². The Morgan fingerprint density at radius 2 is 1.88 bits per heavy atom. The minimum Gasteiger partial charge on any atom is -0.322 e. The Balaban J connectivity index is 1.76. The fourth-order valence-electron chi connectivity index (χ4n) is 3.17. The minimum absolute atomic E-state index is 0.0485. The van der Waals surface area contributed by atoms with E-state index in [9.17, 15) is 9.59 Å². The lowest BCUT2D eigenvalue weighted by Crippen LogP contribution is -2.58. The monoisotopic (exact) mass is 368 g/mol. The van der Waals surface area contributed by atoms with Gasteiger partial charge in [-0.1, -0.05) is 35.9 Å². The first-order valence-electron chi connectivity index (χ1n) is 8.68. The molecule has 2 aromatic carbocycles. The van der Waals surface area contributed by atoms with Crippen molar-refractivity contribution in [2.45, 2.75) is 39.0 Å². The van der Waals surface area contributed by atoms with E-state index in [1.54, 1.807) is 30.5 Å². The molecule has 0 spiro atoms. The zero-order valence-electron chi connectivity index (χ0n) is 15.6. The summed E-state index contributed by atoms with van der Waals surface area (Å²) in [5.41, 5.74) is 4.24. The first kappa shape index (κ1) is 18.5. The third-order valence-corrected chi connectivity index (χ3v) is 5.71. The summed E-state index contributed by atoms with van der Waals surface area (Å²) in [7, 11) is 0. The lowest BCUT2D eigenvalue weighted by Gasteiger charge is -2.42. The molecule has 0 saturated carbocycles. The second-order valence-corrected chi connectivity index (χ2v) is 8.17. The van der Waals surface area contributed by atoms with Crippen molar-refractivity contribution in [3.8, 4) is 0 Å². The summed E-state index contributed by atoms with van der Waals surface area (Å²) >= 11 is 1.58. The summed E-state index contributed by atoms with van der Waals surface area (Å²) in [5, 5.41) is 2.89. The first-order valence-corrected chi connectivity index (χ1v) is 9.83. The quantitative estimate of drug-likeness (QED) is 0.875. The van der Waals surface area contributed by atoms with Crippen LogP contribution in [0.2, 0.25) is 0 Å². The standard InChI is InChI=1S/C21H24N2O2S/c1-14-9-10-15(2)16(11-14)12-26-13-19(24)23-18-8-6-5-7-17(18)22-20(25)21(23,3)4/h5-11H,12-13H2,1-4H3,(H,22,25). The van der Waals surface area contributed by atoms with Gasteiger partial charge in [0.1, 0.15) is 5.54 Å². The number of rotatable bonds is 4. The molecule has 1 N–H and O–H groups in total. The predicted octanol–water partition coefficient (Wildman–Crippen LogP) is 4.30. The Labute approximate surface area is 159 Å². The predicted molar refractivity (Wildman–Crippen MR) is 109 cm³/mol. The average Bonchev–Trinajstić information content (AvgIpc) is 2.58. The first-order chi connectivity index (χ1) is 12.3. The molecular weight excluding hydrogens is 344 g/mol. The van der Waals surface area contributed by atoms with Crippen molar-refractivity contribution in [1.82, 2.24) is 0 Å². The molecule has 0 aliphatic carbocycles. The number of carbonyl (C=O) groups excluding carboxylic acids is 2. The Kier molecular flexibility index (Phi) is 5.10. The van der Waals surface area contributed by atoms with Crippen molar-refractivity contribution < 1.29 is 9.59 Å². The molecule has 5 heteroatoms. The van der Waals surface area contributed by atoms with Gasteiger partial charge in [0.05, 0.1) is 17.1 Å². The summed E-state index contributed by atoms with van der Waals surface area (Å²) in [6.45, 7) is 7.73. The number of nitrogens with zero attached hydrogens (tertiary/aromatic N) is 1. The van der Waals surface area contributed by atoms with Crippen LogP contribution in [0.15, 0.2) is 42.5 Å². The molecule has 0 radical (unpaired) electrons. The molecule has 0 atom stereocenters.